The summed E-state index contributed by atoms with van der Waals surface area (Å²) in [6.45, 7) is 0.347. The fraction of sp³-hybridized carbons (Fsp3) is 0.643. The monoisotopic (exact) mass is 294 g/mol. The molecule has 1 saturated carbocycles. The number of hydrogen-bond donors (Lipinski definition) is 3. The highest BCUT2D eigenvalue weighted by Gasteiger charge is 2.25. The number of amides is 1. The lowest BCUT2D eigenvalue weighted by Gasteiger charge is -2.30. The van der Waals surface area contributed by atoms with Crippen LogP contribution in [0.15, 0.2) is 15.8 Å². The summed E-state index contributed by atoms with van der Waals surface area (Å²) in [6.07, 6.45) is 6.78. The highest BCUT2D eigenvalue weighted by atomic mass is 16.2. The lowest BCUT2D eigenvalue weighted by molar-refractivity contribution is 0.0913. The van der Waals surface area contributed by atoms with Crippen LogP contribution in [0.1, 0.15) is 42.5 Å². The largest absolute Gasteiger partial charge is 0.348 e. The number of aromatic nitrogens is 2. The molecule has 0 saturated heterocycles. The standard InChI is InChI=1S/C14H22N4O3/c1-18-13(20)10(8-16-14(18)21)12(19)17-11(7-15)9-5-3-2-4-6-9/h8-9,11H,2-7,15H2,1H3,(H,16,21)(H,17,19). The second-order valence-electron chi connectivity index (χ2n) is 5.59. The van der Waals surface area contributed by atoms with Gasteiger partial charge in [-0.3, -0.25) is 14.2 Å². The molecule has 1 unspecified atom stereocenters. The molecule has 0 radical (unpaired) electrons. The van der Waals surface area contributed by atoms with Crippen LogP contribution in [0.5, 0.6) is 0 Å². The molecular weight excluding hydrogens is 272 g/mol. The number of nitrogens with one attached hydrogen (secondary N) is 2. The molecule has 0 aromatic carbocycles. The smallest absolute Gasteiger partial charge is 0.328 e. The number of carbonyl (C=O) groups excluding carboxylic acids is 1. The Bertz CT molecular complexity index is 613. The lowest BCUT2D eigenvalue weighted by atomic mass is 9.84. The topological polar surface area (TPSA) is 110 Å². The van der Waals surface area contributed by atoms with E-state index in [0.717, 1.165) is 36.4 Å². The number of aromatic amines is 1. The van der Waals surface area contributed by atoms with E-state index < -0.39 is 17.2 Å². The van der Waals surface area contributed by atoms with Crippen LogP contribution in [0.25, 0.3) is 0 Å². The number of H-pyrrole nitrogens is 1. The molecular formula is C14H22N4O3. The molecule has 7 nitrogen and oxygen atoms in total. The van der Waals surface area contributed by atoms with Crippen molar-refractivity contribution in [2.45, 2.75) is 38.1 Å². The van der Waals surface area contributed by atoms with Crippen LogP contribution in [0.3, 0.4) is 0 Å². The molecule has 1 heterocycles. The number of nitrogens with zero attached hydrogens (tertiary/aromatic N) is 1. The maximum atomic E-state index is 12.2. The Balaban J connectivity index is 2.14. The van der Waals surface area contributed by atoms with Gasteiger partial charge in [0.1, 0.15) is 5.56 Å². The average molecular weight is 294 g/mol. The molecule has 2 rings (SSSR count). The highest BCUT2D eigenvalue weighted by molar-refractivity contribution is 5.93. The van der Waals surface area contributed by atoms with E-state index in [-0.39, 0.29) is 11.6 Å². The van der Waals surface area contributed by atoms with E-state index >= 15 is 0 Å². The zero-order valence-corrected chi connectivity index (χ0v) is 12.2. The predicted molar refractivity (Wildman–Crippen MR) is 79.2 cm³/mol. The summed E-state index contributed by atoms with van der Waals surface area (Å²) in [6, 6.07) is -0.130. The van der Waals surface area contributed by atoms with Gasteiger partial charge in [-0.1, -0.05) is 19.3 Å². The Hall–Kier alpha value is -1.89. The minimum Gasteiger partial charge on any atom is -0.348 e. The molecule has 0 spiro atoms. The van der Waals surface area contributed by atoms with Gasteiger partial charge < -0.3 is 16.0 Å². The van der Waals surface area contributed by atoms with Crippen molar-refractivity contribution in [2.75, 3.05) is 6.54 Å². The van der Waals surface area contributed by atoms with Crippen LogP contribution in [-0.2, 0) is 7.05 Å². The quantitative estimate of drug-likeness (QED) is 0.708. The van der Waals surface area contributed by atoms with Crippen LogP contribution < -0.4 is 22.3 Å². The molecule has 4 N–H and O–H groups in total. The molecule has 1 aromatic rings. The van der Waals surface area contributed by atoms with Crippen molar-refractivity contribution in [1.82, 2.24) is 14.9 Å². The van der Waals surface area contributed by atoms with E-state index in [0.29, 0.717) is 12.5 Å². The Morgan fingerprint density at radius 1 is 1.43 bits per heavy atom. The molecule has 7 heteroatoms. The van der Waals surface area contributed by atoms with E-state index in [2.05, 4.69) is 10.3 Å². The van der Waals surface area contributed by atoms with E-state index in [1.807, 2.05) is 0 Å². The Morgan fingerprint density at radius 2 is 2.10 bits per heavy atom. The summed E-state index contributed by atoms with van der Waals surface area (Å²) in [7, 11) is 1.33. The van der Waals surface area contributed by atoms with Crippen LogP contribution >= 0.6 is 0 Å². The van der Waals surface area contributed by atoms with Crippen molar-refractivity contribution < 1.29 is 4.79 Å². The van der Waals surface area contributed by atoms with Gasteiger partial charge in [0.15, 0.2) is 0 Å². The summed E-state index contributed by atoms with van der Waals surface area (Å²) in [5.74, 6) is -0.118. The first-order valence-electron chi connectivity index (χ1n) is 7.34. The second-order valence-corrected chi connectivity index (χ2v) is 5.59. The Morgan fingerprint density at radius 3 is 2.71 bits per heavy atom. The number of rotatable bonds is 4. The minimum atomic E-state index is -0.601. The van der Waals surface area contributed by atoms with Crippen molar-refractivity contribution in [2.24, 2.45) is 18.7 Å². The van der Waals surface area contributed by atoms with Crippen molar-refractivity contribution >= 4 is 5.91 Å². The number of hydrogen-bond acceptors (Lipinski definition) is 4. The van der Waals surface area contributed by atoms with E-state index in [1.54, 1.807) is 0 Å². The second kappa shape index (κ2) is 6.71. The van der Waals surface area contributed by atoms with Crippen molar-refractivity contribution in [3.05, 3.63) is 32.6 Å². The van der Waals surface area contributed by atoms with Crippen LogP contribution in [0.4, 0.5) is 0 Å². The van der Waals surface area contributed by atoms with Crippen molar-refractivity contribution in [3.8, 4) is 0 Å². The Labute approximate surface area is 122 Å². The fourth-order valence-electron chi connectivity index (χ4n) is 2.88. The molecule has 1 aliphatic rings. The first-order valence-corrected chi connectivity index (χ1v) is 7.34. The molecule has 21 heavy (non-hydrogen) atoms. The van der Waals surface area contributed by atoms with Gasteiger partial charge in [0.2, 0.25) is 0 Å². The van der Waals surface area contributed by atoms with Gasteiger partial charge in [0.25, 0.3) is 11.5 Å². The van der Waals surface area contributed by atoms with Gasteiger partial charge in [-0.25, -0.2) is 4.79 Å². The molecule has 1 aliphatic carbocycles. The molecule has 1 aromatic heterocycles. The highest BCUT2D eigenvalue weighted by Crippen LogP contribution is 2.26. The van der Waals surface area contributed by atoms with Gasteiger partial charge in [0, 0.05) is 25.8 Å². The Kier molecular flexibility index (Phi) is 4.95. The van der Waals surface area contributed by atoms with Gasteiger partial charge >= 0.3 is 5.69 Å². The molecule has 1 amide bonds. The lowest BCUT2D eigenvalue weighted by Crippen LogP contribution is -2.48. The summed E-state index contributed by atoms with van der Waals surface area (Å²) < 4.78 is 0.882. The van der Waals surface area contributed by atoms with Crippen LogP contribution in [-0.4, -0.2) is 28.0 Å². The van der Waals surface area contributed by atoms with Gasteiger partial charge in [-0.05, 0) is 18.8 Å². The predicted octanol–water partition coefficient (Wildman–Crippen LogP) is -0.289. The van der Waals surface area contributed by atoms with Crippen molar-refractivity contribution in [3.63, 3.8) is 0 Å². The third-order valence-corrected chi connectivity index (χ3v) is 4.21. The summed E-state index contributed by atoms with van der Waals surface area (Å²) in [4.78, 5) is 37.8. The fourth-order valence-corrected chi connectivity index (χ4v) is 2.88. The van der Waals surface area contributed by atoms with Gasteiger partial charge in [-0.2, -0.15) is 0 Å². The van der Waals surface area contributed by atoms with E-state index in [4.69, 9.17) is 5.73 Å². The van der Waals surface area contributed by atoms with Crippen molar-refractivity contribution in [1.29, 1.82) is 0 Å². The molecule has 1 atom stereocenters. The number of carbonyl (C=O) groups is 1. The molecule has 116 valence electrons. The third-order valence-electron chi connectivity index (χ3n) is 4.21. The maximum Gasteiger partial charge on any atom is 0.328 e. The molecule has 0 bridgehead atoms. The summed E-state index contributed by atoms with van der Waals surface area (Å²) >= 11 is 0. The summed E-state index contributed by atoms with van der Waals surface area (Å²) in [5, 5.41) is 2.84. The van der Waals surface area contributed by atoms with E-state index in [9.17, 15) is 14.4 Å². The summed E-state index contributed by atoms with van der Waals surface area (Å²) in [5.41, 5.74) is 4.56. The number of nitrogens with two attached hydrogens (primary N) is 1. The zero-order valence-electron chi connectivity index (χ0n) is 12.2. The SMILES string of the molecule is Cn1c(=O)[nH]cc(C(=O)NC(CN)C2CCCCC2)c1=O. The maximum absolute atomic E-state index is 12.2. The normalized spacial score (nSPS) is 17.4. The van der Waals surface area contributed by atoms with Gasteiger partial charge in [-0.15, -0.1) is 0 Å². The first-order chi connectivity index (χ1) is 10.0. The molecule has 1 fully saturated rings. The van der Waals surface area contributed by atoms with E-state index in [1.165, 1.54) is 13.5 Å². The van der Waals surface area contributed by atoms with Crippen LogP contribution in [0.2, 0.25) is 0 Å². The zero-order chi connectivity index (χ0) is 15.4. The molecule has 0 aliphatic heterocycles. The minimum absolute atomic E-state index is 0.0636. The van der Waals surface area contributed by atoms with Gasteiger partial charge in [0.05, 0.1) is 0 Å². The van der Waals surface area contributed by atoms with Crippen LogP contribution in [0, 0.1) is 5.92 Å². The first kappa shape index (κ1) is 15.5. The third kappa shape index (κ3) is 3.41. The average Bonchev–Trinajstić information content (AvgIpc) is 2.51.